The van der Waals surface area contributed by atoms with E-state index in [0.29, 0.717) is 11.3 Å². The minimum absolute atomic E-state index is 0.200. The standard InChI is InChI=1S/C13H11F3N4O2/c1-6-10(21)17-8-5-7(3-4-9(8)20(6)2)11-18-12(19-22-11)13(14,15)16/h3-6H,1-2H3,(H,17,21). The van der Waals surface area contributed by atoms with E-state index in [0.717, 1.165) is 5.69 Å². The van der Waals surface area contributed by atoms with Crippen molar-refractivity contribution in [3.63, 3.8) is 0 Å². The first-order valence-electron chi connectivity index (χ1n) is 6.36. The number of likely N-dealkylation sites (N-methyl/N-ethyl adjacent to an activating group) is 1. The number of nitrogens with zero attached hydrogens (tertiary/aromatic N) is 3. The van der Waals surface area contributed by atoms with Crippen LogP contribution in [-0.2, 0) is 11.0 Å². The van der Waals surface area contributed by atoms with Gasteiger partial charge in [-0.1, -0.05) is 5.16 Å². The fourth-order valence-corrected chi connectivity index (χ4v) is 2.15. The van der Waals surface area contributed by atoms with Gasteiger partial charge in [0.05, 0.1) is 11.4 Å². The molecule has 1 aromatic heterocycles. The Kier molecular flexibility index (Phi) is 3.08. The maximum absolute atomic E-state index is 12.5. The molecule has 2 aromatic rings. The van der Waals surface area contributed by atoms with E-state index in [1.807, 2.05) is 0 Å². The number of halogens is 3. The van der Waals surface area contributed by atoms with Crippen LogP contribution < -0.4 is 10.2 Å². The van der Waals surface area contributed by atoms with Crippen molar-refractivity contribution in [1.29, 1.82) is 0 Å². The third-order valence-electron chi connectivity index (χ3n) is 3.52. The predicted molar refractivity (Wildman–Crippen MR) is 71.2 cm³/mol. The number of anilines is 2. The van der Waals surface area contributed by atoms with Crippen molar-refractivity contribution in [2.24, 2.45) is 0 Å². The van der Waals surface area contributed by atoms with Gasteiger partial charge in [0.15, 0.2) is 0 Å². The van der Waals surface area contributed by atoms with E-state index >= 15 is 0 Å². The average Bonchev–Trinajstić information content (AvgIpc) is 2.94. The first-order valence-corrected chi connectivity index (χ1v) is 6.36. The maximum atomic E-state index is 12.5. The summed E-state index contributed by atoms with van der Waals surface area (Å²) in [6.45, 7) is 1.75. The molecule has 3 rings (SSSR count). The number of hydrogen-bond acceptors (Lipinski definition) is 5. The van der Waals surface area contributed by atoms with Gasteiger partial charge in [0, 0.05) is 12.6 Å². The van der Waals surface area contributed by atoms with Crippen LogP contribution in [0.5, 0.6) is 0 Å². The largest absolute Gasteiger partial charge is 0.455 e. The van der Waals surface area contributed by atoms with Crippen LogP contribution in [0, 0.1) is 0 Å². The van der Waals surface area contributed by atoms with Crippen molar-refractivity contribution in [2.75, 3.05) is 17.3 Å². The topological polar surface area (TPSA) is 71.3 Å². The van der Waals surface area contributed by atoms with Crippen LogP contribution in [0.2, 0.25) is 0 Å². The number of aromatic nitrogens is 2. The Hall–Kier alpha value is -2.58. The van der Waals surface area contributed by atoms with Crippen molar-refractivity contribution < 1.29 is 22.5 Å². The van der Waals surface area contributed by atoms with E-state index in [2.05, 4.69) is 20.0 Å². The number of fused-ring (bicyclic) bond motifs is 1. The first kappa shape index (κ1) is 14.4. The number of carbonyl (C=O) groups is 1. The molecule has 1 aliphatic rings. The molecule has 0 aliphatic carbocycles. The summed E-state index contributed by atoms with van der Waals surface area (Å²) >= 11 is 0. The van der Waals surface area contributed by atoms with Gasteiger partial charge in [0.25, 0.3) is 11.7 Å². The number of alkyl halides is 3. The molecule has 22 heavy (non-hydrogen) atoms. The van der Waals surface area contributed by atoms with E-state index in [1.54, 1.807) is 31.0 Å². The molecule has 116 valence electrons. The second-order valence-corrected chi connectivity index (χ2v) is 4.93. The highest BCUT2D eigenvalue weighted by molar-refractivity contribution is 6.03. The number of amides is 1. The fourth-order valence-electron chi connectivity index (χ4n) is 2.15. The second-order valence-electron chi connectivity index (χ2n) is 4.93. The lowest BCUT2D eigenvalue weighted by Gasteiger charge is -2.33. The molecule has 1 aliphatic heterocycles. The van der Waals surface area contributed by atoms with Gasteiger partial charge >= 0.3 is 6.18 Å². The van der Waals surface area contributed by atoms with Crippen LogP contribution in [0.3, 0.4) is 0 Å². The summed E-state index contributed by atoms with van der Waals surface area (Å²) in [5.41, 5.74) is 1.53. The SMILES string of the molecule is CC1C(=O)Nc2cc(-c3nc(C(F)(F)F)no3)ccc2N1C. The van der Waals surface area contributed by atoms with Crippen LogP contribution in [0.4, 0.5) is 24.5 Å². The van der Waals surface area contributed by atoms with Gasteiger partial charge in [0.1, 0.15) is 6.04 Å². The van der Waals surface area contributed by atoms with Crippen molar-refractivity contribution >= 4 is 17.3 Å². The predicted octanol–water partition coefficient (Wildman–Crippen LogP) is 2.53. The van der Waals surface area contributed by atoms with Crippen LogP contribution in [0.1, 0.15) is 12.7 Å². The Bertz CT molecular complexity index is 741. The summed E-state index contributed by atoms with van der Waals surface area (Å²) in [6, 6.07) is 4.41. The van der Waals surface area contributed by atoms with E-state index < -0.39 is 12.0 Å². The van der Waals surface area contributed by atoms with Gasteiger partial charge < -0.3 is 14.7 Å². The minimum atomic E-state index is -4.67. The normalized spacial score (nSPS) is 18.1. The lowest BCUT2D eigenvalue weighted by molar-refractivity contribution is -0.146. The number of carbonyl (C=O) groups excluding carboxylic acids is 1. The molecule has 6 nitrogen and oxygen atoms in total. The van der Waals surface area contributed by atoms with Crippen molar-refractivity contribution in [2.45, 2.75) is 19.1 Å². The van der Waals surface area contributed by atoms with Crippen molar-refractivity contribution in [3.8, 4) is 11.5 Å². The summed E-state index contributed by atoms with van der Waals surface area (Å²) in [5, 5.41) is 5.60. The van der Waals surface area contributed by atoms with Gasteiger partial charge in [-0.05, 0) is 25.1 Å². The smallest absolute Gasteiger partial charge is 0.361 e. The summed E-state index contributed by atoms with van der Waals surface area (Å²) in [4.78, 5) is 16.9. The lowest BCUT2D eigenvalue weighted by atomic mass is 10.1. The maximum Gasteiger partial charge on any atom is 0.455 e. The van der Waals surface area contributed by atoms with Crippen molar-refractivity contribution in [1.82, 2.24) is 10.1 Å². The van der Waals surface area contributed by atoms with Crippen LogP contribution >= 0.6 is 0 Å². The third-order valence-corrected chi connectivity index (χ3v) is 3.52. The highest BCUT2D eigenvalue weighted by atomic mass is 19.4. The average molecular weight is 312 g/mol. The van der Waals surface area contributed by atoms with Crippen molar-refractivity contribution in [3.05, 3.63) is 24.0 Å². The quantitative estimate of drug-likeness (QED) is 0.876. The number of hydrogen-bond donors (Lipinski definition) is 1. The van der Waals surface area contributed by atoms with Crippen LogP contribution in [-0.4, -0.2) is 29.1 Å². The molecule has 9 heteroatoms. The Morgan fingerprint density at radius 3 is 2.73 bits per heavy atom. The fraction of sp³-hybridized carbons (Fsp3) is 0.308. The molecule has 2 heterocycles. The van der Waals surface area contributed by atoms with E-state index in [9.17, 15) is 18.0 Å². The molecule has 1 unspecified atom stereocenters. The minimum Gasteiger partial charge on any atom is -0.361 e. The molecule has 0 saturated heterocycles. The number of benzene rings is 1. The summed E-state index contributed by atoms with van der Waals surface area (Å²) in [6.07, 6.45) is -4.67. The summed E-state index contributed by atoms with van der Waals surface area (Å²) in [5.74, 6) is -1.80. The third kappa shape index (κ3) is 2.28. The van der Waals surface area contributed by atoms with E-state index in [-0.39, 0.29) is 17.8 Å². The van der Waals surface area contributed by atoms with Gasteiger partial charge in [-0.3, -0.25) is 4.79 Å². The molecule has 0 spiro atoms. The number of nitrogens with one attached hydrogen (secondary N) is 1. The lowest BCUT2D eigenvalue weighted by Crippen LogP contribution is -2.43. The monoisotopic (exact) mass is 312 g/mol. The van der Waals surface area contributed by atoms with Gasteiger partial charge in [-0.15, -0.1) is 0 Å². The first-order chi connectivity index (χ1) is 10.3. The zero-order valence-corrected chi connectivity index (χ0v) is 11.6. The molecule has 0 radical (unpaired) electrons. The molecular weight excluding hydrogens is 301 g/mol. The summed E-state index contributed by atoms with van der Waals surface area (Å²) < 4.78 is 42.1. The van der Waals surface area contributed by atoms with Gasteiger partial charge in [-0.25, -0.2) is 0 Å². The van der Waals surface area contributed by atoms with E-state index in [1.165, 1.54) is 6.07 Å². The van der Waals surface area contributed by atoms with Gasteiger partial charge in [0.2, 0.25) is 5.91 Å². The highest BCUT2D eigenvalue weighted by Crippen LogP contribution is 2.35. The zero-order chi connectivity index (χ0) is 16.1. The summed E-state index contributed by atoms with van der Waals surface area (Å²) in [7, 11) is 1.76. The van der Waals surface area contributed by atoms with Crippen LogP contribution in [0.25, 0.3) is 11.5 Å². The second kappa shape index (κ2) is 4.72. The molecule has 0 bridgehead atoms. The Balaban J connectivity index is 1.99. The molecule has 1 aromatic carbocycles. The van der Waals surface area contributed by atoms with Gasteiger partial charge in [-0.2, -0.15) is 18.2 Å². The molecule has 0 saturated carbocycles. The molecular formula is C13H11F3N4O2. The number of rotatable bonds is 1. The van der Waals surface area contributed by atoms with Crippen LogP contribution in [0.15, 0.2) is 22.7 Å². The Morgan fingerprint density at radius 2 is 2.09 bits per heavy atom. The Morgan fingerprint density at radius 1 is 1.36 bits per heavy atom. The molecule has 1 amide bonds. The molecule has 0 fully saturated rings. The Labute approximate surface area is 122 Å². The zero-order valence-electron chi connectivity index (χ0n) is 11.6. The molecule has 1 atom stereocenters. The van der Waals surface area contributed by atoms with E-state index in [4.69, 9.17) is 0 Å². The molecule has 1 N–H and O–H groups in total. The highest BCUT2D eigenvalue weighted by Gasteiger charge is 2.37.